The molecule has 88 valence electrons. The lowest BCUT2D eigenvalue weighted by atomic mass is 10.3. The highest BCUT2D eigenvalue weighted by atomic mass is 19.4. The van der Waals surface area contributed by atoms with E-state index in [2.05, 4.69) is 0 Å². The molecule has 1 saturated heterocycles. The smallest absolute Gasteiger partial charge is 0.340 e. The maximum absolute atomic E-state index is 12.0. The molecule has 0 spiro atoms. The Labute approximate surface area is 86.8 Å². The van der Waals surface area contributed by atoms with Gasteiger partial charge >= 0.3 is 6.18 Å². The lowest BCUT2D eigenvalue weighted by molar-refractivity contribution is -0.151. The third kappa shape index (κ3) is 4.07. The standard InChI is InChI=1S/C9H15F3N2O/c1-2-8(15)14-5-3-13(4-6-14)7-9(10,11)12/h2-7H2,1H3. The van der Waals surface area contributed by atoms with Gasteiger partial charge in [0.05, 0.1) is 6.54 Å². The Morgan fingerprint density at radius 1 is 1.20 bits per heavy atom. The summed E-state index contributed by atoms with van der Waals surface area (Å²) in [6.45, 7) is 2.31. The minimum Gasteiger partial charge on any atom is -0.340 e. The van der Waals surface area contributed by atoms with Crippen LogP contribution in [0.4, 0.5) is 13.2 Å². The molecule has 1 heterocycles. The summed E-state index contributed by atoms with van der Waals surface area (Å²) in [6.07, 6.45) is -3.73. The molecule has 0 aromatic rings. The topological polar surface area (TPSA) is 23.6 Å². The van der Waals surface area contributed by atoms with Crippen LogP contribution >= 0.6 is 0 Å². The van der Waals surface area contributed by atoms with E-state index in [-0.39, 0.29) is 5.91 Å². The number of hydrogen-bond donors (Lipinski definition) is 0. The van der Waals surface area contributed by atoms with E-state index < -0.39 is 12.7 Å². The first kappa shape index (κ1) is 12.3. The van der Waals surface area contributed by atoms with Gasteiger partial charge in [-0.1, -0.05) is 6.92 Å². The molecular formula is C9H15F3N2O. The molecule has 1 amide bonds. The van der Waals surface area contributed by atoms with Crippen molar-refractivity contribution in [3.8, 4) is 0 Å². The predicted octanol–water partition coefficient (Wildman–Crippen LogP) is 1.10. The summed E-state index contributed by atoms with van der Waals surface area (Å²) in [4.78, 5) is 14.2. The number of carbonyl (C=O) groups is 1. The first-order valence-electron chi connectivity index (χ1n) is 4.99. The highest BCUT2D eigenvalue weighted by Crippen LogP contribution is 2.17. The van der Waals surface area contributed by atoms with E-state index in [0.29, 0.717) is 32.6 Å². The van der Waals surface area contributed by atoms with Crippen LogP contribution in [0.1, 0.15) is 13.3 Å². The van der Waals surface area contributed by atoms with Crippen molar-refractivity contribution in [2.45, 2.75) is 19.5 Å². The Morgan fingerprint density at radius 3 is 2.13 bits per heavy atom. The van der Waals surface area contributed by atoms with Gasteiger partial charge in [0.25, 0.3) is 0 Å². The molecule has 1 aliphatic rings. The van der Waals surface area contributed by atoms with Crippen molar-refractivity contribution in [1.29, 1.82) is 0 Å². The molecule has 1 aliphatic heterocycles. The quantitative estimate of drug-likeness (QED) is 0.701. The Bertz CT molecular complexity index is 222. The molecule has 0 atom stereocenters. The highest BCUT2D eigenvalue weighted by molar-refractivity contribution is 5.75. The van der Waals surface area contributed by atoms with Crippen LogP contribution in [0.3, 0.4) is 0 Å². The molecule has 15 heavy (non-hydrogen) atoms. The number of carbonyl (C=O) groups excluding carboxylic acids is 1. The Hall–Kier alpha value is -0.780. The summed E-state index contributed by atoms with van der Waals surface area (Å²) >= 11 is 0. The molecule has 0 aromatic heterocycles. The van der Waals surface area contributed by atoms with Gasteiger partial charge in [-0.15, -0.1) is 0 Å². The minimum absolute atomic E-state index is 0.0154. The zero-order valence-electron chi connectivity index (χ0n) is 8.68. The molecule has 0 aromatic carbocycles. The van der Waals surface area contributed by atoms with E-state index >= 15 is 0 Å². The zero-order valence-corrected chi connectivity index (χ0v) is 8.68. The van der Waals surface area contributed by atoms with Gasteiger partial charge in [0.1, 0.15) is 0 Å². The minimum atomic E-state index is -4.14. The molecule has 1 fully saturated rings. The summed E-state index contributed by atoms with van der Waals surface area (Å²) in [7, 11) is 0. The lowest BCUT2D eigenvalue weighted by Crippen LogP contribution is -2.50. The number of piperazine rings is 1. The third-order valence-corrected chi connectivity index (χ3v) is 2.43. The number of rotatable bonds is 2. The number of alkyl halides is 3. The Morgan fingerprint density at radius 2 is 1.73 bits per heavy atom. The fourth-order valence-corrected chi connectivity index (χ4v) is 1.63. The molecule has 1 rings (SSSR count). The molecule has 0 saturated carbocycles. The van der Waals surface area contributed by atoms with Gasteiger partial charge in [-0.2, -0.15) is 13.2 Å². The number of amides is 1. The Kier molecular flexibility index (Phi) is 3.96. The molecule has 0 radical (unpaired) electrons. The highest BCUT2D eigenvalue weighted by Gasteiger charge is 2.32. The van der Waals surface area contributed by atoms with Crippen LogP contribution < -0.4 is 0 Å². The van der Waals surface area contributed by atoms with Crippen molar-refractivity contribution in [2.75, 3.05) is 32.7 Å². The van der Waals surface area contributed by atoms with Crippen LogP contribution in [0.15, 0.2) is 0 Å². The first-order valence-corrected chi connectivity index (χ1v) is 4.99. The number of halogens is 3. The zero-order chi connectivity index (χ0) is 11.5. The predicted molar refractivity (Wildman–Crippen MR) is 49.4 cm³/mol. The summed E-state index contributed by atoms with van der Waals surface area (Å²) in [6, 6.07) is 0. The average molecular weight is 224 g/mol. The van der Waals surface area contributed by atoms with Crippen molar-refractivity contribution in [2.24, 2.45) is 0 Å². The lowest BCUT2D eigenvalue weighted by Gasteiger charge is -2.34. The van der Waals surface area contributed by atoms with Crippen molar-refractivity contribution in [3.05, 3.63) is 0 Å². The van der Waals surface area contributed by atoms with Crippen LogP contribution in [-0.4, -0.2) is 54.6 Å². The van der Waals surface area contributed by atoms with E-state index in [1.54, 1.807) is 11.8 Å². The first-order chi connectivity index (χ1) is 6.92. The second kappa shape index (κ2) is 4.83. The fraction of sp³-hybridized carbons (Fsp3) is 0.889. The van der Waals surface area contributed by atoms with Crippen LogP contribution in [0.5, 0.6) is 0 Å². The Balaban J connectivity index is 2.33. The summed E-state index contributed by atoms with van der Waals surface area (Å²) in [5.41, 5.74) is 0. The second-order valence-electron chi connectivity index (χ2n) is 3.63. The van der Waals surface area contributed by atoms with Crippen molar-refractivity contribution < 1.29 is 18.0 Å². The van der Waals surface area contributed by atoms with E-state index in [1.807, 2.05) is 0 Å². The van der Waals surface area contributed by atoms with E-state index in [9.17, 15) is 18.0 Å². The average Bonchev–Trinajstić information content (AvgIpc) is 2.15. The number of nitrogens with zero attached hydrogens (tertiary/aromatic N) is 2. The van der Waals surface area contributed by atoms with Crippen LogP contribution in [0.2, 0.25) is 0 Å². The van der Waals surface area contributed by atoms with Gasteiger partial charge in [0, 0.05) is 32.6 Å². The van der Waals surface area contributed by atoms with Crippen LogP contribution in [0, 0.1) is 0 Å². The monoisotopic (exact) mass is 224 g/mol. The van der Waals surface area contributed by atoms with Crippen molar-refractivity contribution >= 4 is 5.91 Å². The number of hydrogen-bond acceptors (Lipinski definition) is 2. The van der Waals surface area contributed by atoms with Gasteiger partial charge in [-0.25, -0.2) is 0 Å². The third-order valence-electron chi connectivity index (χ3n) is 2.43. The van der Waals surface area contributed by atoms with Crippen molar-refractivity contribution in [3.63, 3.8) is 0 Å². The fourth-order valence-electron chi connectivity index (χ4n) is 1.63. The van der Waals surface area contributed by atoms with Crippen LogP contribution in [0.25, 0.3) is 0 Å². The van der Waals surface area contributed by atoms with E-state index in [1.165, 1.54) is 4.90 Å². The molecule has 6 heteroatoms. The molecule has 0 aliphatic carbocycles. The van der Waals surface area contributed by atoms with Crippen LogP contribution in [-0.2, 0) is 4.79 Å². The molecule has 3 nitrogen and oxygen atoms in total. The van der Waals surface area contributed by atoms with E-state index in [4.69, 9.17) is 0 Å². The molecule has 0 N–H and O–H groups in total. The van der Waals surface area contributed by atoms with Gasteiger partial charge < -0.3 is 4.90 Å². The SMILES string of the molecule is CCC(=O)N1CCN(CC(F)(F)F)CC1. The van der Waals surface area contributed by atoms with Gasteiger partial charge in [0.2, 0.25) is 5.91 Å². The second-order valence-corrected chi connectivity index (χ2v) is 3.63. The largest absolute Gasteiger partial charge is 0.401 e. The maximum atomic E-state index is 12.0. The summed E-state index contributed by atoms with van der Waals surface area (Å²) in [5, 5.41) is 0. The van der Waals surface area contributed by atoms with E-state index in [0.717, 1.165) is 0 Å². The van der Waals surface area contributed by atoms with Gasteiger partial charge in [-0.3, -0.25) is 9.69 Å². The van der Waals surface area contributed by atoms with Gasteiger partial charge in [0.15, 0.2) is 0 Å². The van der Waals surface area contributed by atoms with Crippen molar-refractivity contribution in [1.82, 2.24) is 9.80 Å². The molecule has 0 unspecified atom stereocenters. The summed E-state index contributed by atoms with van der Waals surface area (Å²) < 4.78 is 36.1. The molecule has 0 bridgehead atoms. The maximum Gasteiger partial charge on any atom is 0.401 e. The molecular weight excluding hydrogens is 209 g/mol. The summed E-state index contributed by atoms with van der Waals surface area (Å²) in [5.74, 6) is 0.0154. The van der Waals surface area contributed by atoms with Gasteiger partial charge in [-0.05, 0) is 0 Å². The normalized spacial score (nSPS) is 19.3.